The molecule has 0 bridgehead atoms. The smallest absolute Gasteiger partial charge is 0.335 e. The van der Waals surface area contributed by atoms with Crippen molar-refractivity contribution < 1.29 is 18.3 Å². The van der Waals surface area contributed by atoms with E-state index in [1.807, 2.05) is 0 Å². The average Bonchev–Trinajstić information content (AvgIpc) is 3.15. The first-order chi connectivity index (χ1) is 10.5. The van der Waals surface area contributed by atoms with Gasteiger partial charge in [-0.2, -0.15) is 0 Å². The topological polar surface area (TPSA) is 96.4 Å². The molecule has 1 aromatic heterocycles. The number of nitrogens with one attached hydrogen (secondary N) is 1. The van der Waals surface area contributed by atoms with Crippen molar-refractivity contribution in [3.8, 4) is 0 Å². The van der Waals surface area contributed by atoms with E-state index >= 15 is 0 Å². The van der Waals surface area contributed by atoms with Gasteiger partial charge in [-0.3, -0.25) is 0 Å². The fraction of sp³-hybridized carbons (Fsp3) is 0.286. The quantitative estimate of drug-likeness (QED) is 0.867. The second-order valence-corrected chi connectivity index (χ2v) is 7.52. The van der Waals surface area contributed by atoms with Gasteiger partial charge >= 0.3 is 5.97 Å². The van der Waals surface area contributed by atoms with Crippen LogP contribution in [-0.4, -0.2) is 23.9 Å². The van der Waals surface area contributed by atoms with Crippen molar-refractivity contribution in [2.24, 2.45) is 0 Å². The van der Waals surface area contributed by atoms with E-state index in [0.29, 0.717) is 12.8 Å². The van der Waals surface area contributed by atoms with Gasteiger partial charge in [-0.25, -0.2) is 22.3 Å². The monoisotopic (exact) mass is 338 g/mol. The molecule has 116 valence electrons. The fourth-order valence-corrected chi connectivity index (χ4v) is 4.49. The van der Waals surface area contributed by atoms with Crippen molar-refractivity contribution in [2.75, 3.05) is 0 Å². The highest BCUT2D eigenvalue weighted by molar-refractivity contribution is 7.89. The molecule has 0 saturated heterocycles. The Morgan fingerprint density at radius 1 is 1.36 bits per heavy atom. The Morgan fingerprint density at radius 2 is 2.18 bits per heavy atom. The number of benzene rings is 1. The maximum Gasteiger partial charge on any atom is 0.335 e. The first-order valence-corrected chi connectivity index (χ1v) is 9.06. The number of carboxylic acids is 1. The summed E-state index contributed by atoms with van der Waals surface area (Å²) >= 11 is 1.25. The van der Waals surface area contributed by atoms with E-state index in [1.165, 1.54) is 17.6 Å². The van der Waals surface area contributed by atoms with E-state index in [9.17, 15) is 13.2 Å². The van der Waals surface area contributed by atoms with Crippen LogP contribution in [0.1, 0.15) is 33.5 Å². The van der Waals surface area contributed by atoms with E-state index in [4.69, 9.17) is 5.11 Å². The number of fused-ring (bicyclic) bond motifs is 1. The van der Waals surface area contributed by atoms with Gasteiger partial charge in [0.25, 0.3) is 0 Å². The first-order valence-electron chi connectivity index (χ1n) is 6.74. The van der Waals surface area contributed by atoms with Crippen LogP contribution in [0.25, 0.3) is 0 Å². The van der Waals surface area contributed by atoms with E-state index in [1.54, 1.807) is 17.6 Å². The number of nitrogens with zero attached hydrogens (tertiary/aromatic N) is 1. The van der Waals surface area contributed by atoms with Crippen LogP contribution >= 0.6 is 11.5 Å². The lowest BCUT2D eigenvalue weighted by Gasteiger charge is -2.12. The van der Waals surface area contributed by atoms with E-state index < -0.39 is 16.0 Å². The summed E-state index contributed by atoms with van der Waals surface area (Å²) in [4.78, 5) is 11.3. The molecule has 1 aromatic carbocycles. The van der Waals surface area contributed by atoms with E-state index in [0.717, 1.165) is 23.1 Å². The molecule has 22 heavy (non-hydrogen) atoms. The van der Waals surface area contributed by atoms with Crippen LogP contribution in [0.4, 0.5) is 0 Å². The Hall–Kier alpha value is -1.77. The number of aromatic carboxylic acids is 1. The predicted octanol–water partition coefficient (Wildman–Crippen LogP) is 1.81. The fourth-order valence-electron chi connectivity index (χ4n) is 2.60. The summed E-state index contributed by atoms with van der Waals surface area (Å²) in [5.74, 6) is -1.12. The predicted molar refractivity (Wildman–Crippen MR) is 81.6 cm³/mol. The Labute approximate surface area is 132 Å². The molecule has 0 amide bonds. The molecule has 1 aliphatic rings. The molecule has 6 nitrogen and oxygen atoms in total. The second-order valence-electron chi connectivity index (χ2n) is 5.13. The number of hydrogen-bond donors (Lipinski definition) is 2. The minimum absolute atomic E-state index is 0.0122. The Bertz CT molecular complexity index is 814. The SMILES string of the molecule is O=C(O)c1cc2c(c(S(=O)(=O)NCc3cnsc3)c1)CCC2. The van der Waals surface area contributed by atoms with Crippen LogP contribution in [0.5, 0.6) is 0 Å². The van der Waals surface area contributed by atoms with Gasteiger partial charge in [0.05, 0.1) is 10.5 Å². The molecule has 1 heterocycles. The van der Waals surface area contributed by atoms with Gasteiger partial charge in [0.15, 0.2) is 0 Å². The van der Waals surface area contributed by atoms with Gasteiger partial charge in [0.1, 0.15) is 0 Å². The minimum Gasteiger partial charge on any atom is -0.478 e. The molecule has 2 aromatic rings. The molecule has 0 atom stereocenters. The number of carboxylic acid groups (broad SMARTS) is 1. The van der Waals surface area contributed by atoms with Gasteiger partial charge in [0, 0.05) is 18.1 Å². The van der Waals surface area contributed by atoms with E-state index in [2.05, 4.69) is 9.10 Å². The molecule has 0 unspecified atom stereocenters. The van der Waals surface area contributed by atoms with Gasteiger partial charge in [0.2, 0.25) is 10.0 Å². The third kappa shape index (κ3) is 2.90. The highest BCUT2D eigenvalue weighted by Gasteiger charge is 2.26. The molecule has 2 N–H and O–H groups in total. The van der Waals surface area contributed by atoms with Crippen molar-refractivity contribution in [2.45, 2.75) is 30.7 Å². The molecule has 0 aliphatic heterocycles. The van der Waals surface area contributed by atoms with Crippen molar-refractivity contribution >= 4 is 27.5 Å². The van der Waals surface area contributed by atoms with Crippen molar-refractivity contribution in [3.63, 3.8) is 0 Å². The van der Waals surface area contributed by atoms with Crippen molar-refractivity contribution in [1.29, 1.82) is 0 Å². The highest BCUT2D eigenvalue weighted by Crippen LogP contribution is 2.30. The number of carbonyl (C=O) groups is 1. The minimum atomic E-state index is -3.75. The summed E-state index contributed by atoms with van der Waals surface area (Å²) < 4.78 is 31.5. The molecule has 1 aliphatic carbocycles. The normalized spacial score (nSPS) is 14.0. The zero-order valence-corrected chi connectivity index (χ0v) is 13.2. The molecule has 3 rings (SSSR count). The van der Waals surface area contributed by atoms with Gasteiger partial charge in [-0.15, -0.1) is 0 Å². The zero-order valence-electron chi connectivity index (χ0n) is 11.6. The Balaban J connectivity index is 1.97. The van der Waals surface area contributed by atoms with Crippen LogP contribution in [0.3, 0.4) is 0 Å². The second kappa shape index (κ2) is 5.79. The summed E-state index contributed by atoms with van der Waals surface area (Å²) in [6, 6.07) is 2.83. The Morgan fingerprint density at radius 3 is 2.86 bits per heavy atom. The van der Waals surface area contributed by atoms with E-state index in [-0.39, 0.29) is 17.0 Å². The number of rotatable bonds is 5. The average molecular weight is 338 g/mol. The van der Waals surface area contributed by atoms with Gasteiger partial charge in [-0.1, -0.05) is 0 Å². The largest absolute Gasteiger partial charge is 0.478 e. The van der Waals surface area contributed by atoms with Gasteiger partial charge < -0.3 is 5.11 Å². The summed E-state index contributed by atoms with van der Waals surface area (Å²) in [5, 5.41) is 10.9. The van der Waals surface area contributed by atoms with Gasteiger partial charge in [-0.05, 0) is 59.6 Å². The molecule has 0 radical (unpaired) electrons. The molecular weight excluding hydrogens is 324 g/mol. The van der Waals surface area contributed by atoms with Crippen LogP contribution in [0.2, 0.25) is 0 Å². The third-order valence-corrected chi connectivity index (χ3v) is 5.76. The lowest BCUT2D eigenvalue weighted by molar-refractivity contribution is 0.0696. The lowest BCUT2D eigenvalue weighted by Crippen LogP contribution is -2.24. The molecular formula is C14H14N2O4S2. The third-order valence-electron chi connectivity index (χ3n) is 3.66. The van der Waals surface area contributed by atoms with Crippen LogP contribution in [-0.2, 0) is 29.4 Å². The Kier molecular flexibility index (Phi) is 3.98. The lowest BCUT2D eigenvalue weighted by atomic mass is 10.1. The standard InChI is InChI=1S/C14H14N2O4S2/c17-14(18)11-4-10-2-1-3-12(10)13(5-11)22(19,20)16-7-9-6-15-21-8-9/h4-6,8,16H,1-3,7H2,(H,17,18). The molecule has 8 heteroatoms. The maximum absolute atomic E-state index is 12.5. The zero-order chi connectivity index (χ0) is 15.7. The summed E-state index contributed by atoms with van der Waals surface area (Å²) in [6.07, 6.45) is 3.82. The molecule has 0 fully saturated rings. The summed E-state index contributed by atoms with van der Waals surface area (Å²) in [7, 11) is -3.75. The van der Waals surface area contributed by atoms with Crippen molar-refractivity contribution in [1.82, 2.24) is 9.10 Å². The summed E-state index contributed by atoms with van der Waals surface area (Å²) in [5.41, 5.74) is 2.34. The summed E-state index contributed by atoms with van der Waals surface area (Å²) in [6.45, 7) is 0.144. The number of sulfonamides is 1. The van der Waals surface area contributed by atoms with Crippen molar-refractivity contribution in [3.05, 3.63) is 46.0 Å². The van der Waals surface area contributed by atoms with Crippen LogP contribution in [0.15, 0.2) is 28.6 Å². The molecule has 0 spiro atoms. The van der Waals surface area contributed by atoms with Crippen LogP contribution in [0, 0.1) is 0 Å². The molecule has 0 saturated carbocycles. The maximum atomic E-state index is 12.5. The number of aromatic nitrogens is 1. The highest BCUT2D eigenvalue weighted by atomic mass is 32.2. The number of aryl methyl sites for hydroxylation is 1. The number of hydrogen-bond acceptors (Lipinski definition) is 5. The first kappa shape index (κ1) is 15.1. The van der Waals surface area contributed by atoms with Crippen LogP contribution < -0.4 is 4.72 Å².